The highest BCUT2D eigenvalue weighted by molar-refractivity contribution is 5.94. The van der Waals surface area contributed by atoms with Gasteiger partial charge in [0, 0.05) is 24.2 Å². The minimum Gasteiger partial charge on any atom is -0.379 e. The Labute approximate surface area is 190 Å². The fraction of sp³-hybridized carbons (Fsp3) is 0.375. The van der Waals surface area contributed by atoms with Crippen molar-refractivity contribution < 1.29 is 14.1 Å². The van der Waals surface area contributed by atoms with Crippen LogP contribution in [0.4, 0.5) is 0 Å². The van der Waals surface area contributed by atoms with Gasteiger partial charge in [-0.15, -0.1) is 10.2 Å². The third kappa shape index (κ3) is 3.48. The zero-order valence-corrected chi connectivity index (χ0v) is 18.3. The van der Waals surface area contributed by atoms with Crippen molar-refractivity contribution in [3.63, 3.8) is 0 Å². The van der Waals surface area contributed by atoms with E-state index in [0.29, 0.717) is 25.0 Å². The number of hydrogen-bond donors (Lipinski definition) is 1. The lowest BCUT2D eigenvalue weighted by atomic mass is 9.84. The molecule has 2 aliphatic rings. The maximum Gasteiger partial charge on any atom is 0.233 e. The number of fused-ring (bicyclic) bond motifs is 1. The molecule has 6 rings (SSSR count). The Morgan fingerprint density at radius 2 is 1.85 bits per heavy atom. The second kappa shape index (κ2) is 7.77. The maximum atomic E-state index is 12.7. The van der Waals surface area contributed by atoms with Gasteiger partial charge in [-0.3, -0.25) is 4.79 Å². The van der Waals surface area contributed by atoms with Gasteiger partial charge in [-0.25, -0.2) is 0 Å². The number of hydrogen-bond acceptors (Lipinski definition) is 7. The van der Waals surface area contributed by atoms with Crippen LogP contribution in [0, 0.1) is 5.41 Å². The smallest absolute Gasteiger partial charge is 0.233 e. The first-order chi connectivity index (χ1) is 16.1. The third-order valence-electron chi connectivity index (χ3n) is 6.86. The number of nitrogens with zero attached hydrogens (tertiary/aromatic N) is 5. The summed E-state index contributed by atoms with van der Waals surface area (Å²) in [5, 5.41) is 19.3. The van der Waals surface area contributed by atoms with Gasteiger partial charge in [-0.05, 0) is 54.7 Å². The first-order valence-corrected chi connectivity index (χ1v) is 11.2. The van der Waals surface area contributed by atoms with Crippen LogP contribution in [0.1, 0.15) is 31.2 Å². The van der Waals surface area contributed by atoms with Gasteiger partial charge in [-0.1, -0.05) is 29.4 Å². The van der Waals surface area contributed by atoms with Gasteiger partial charge < -0.3 is 14.2 Å². The van der Waals surface area contributed by atoms with Crippen LogP contribution in [0.5, 0.6) is 0 Å². The largest absolute Gasteiger partial charge is 0.379 e. The summed E-state index contributed by atoms with van der Waals surface area (Å²) in [7, 11) is 0. The van der Waals surface area contributed by atoms with E-state index in [1.807, 2.05) is 30.0 Å². The molecule has 2 fully saturated rings. The van der Waals surface area contributed by atoms with Gasteiger partial charge in [0.2, 0.25) is 11.7 Å². The average Bonchev–Trinajstić information content (AvgIpc) is 3.52. The molecule has 2 aromatic carbocycles. The molecule has 0 unspecified atom stereocenters. The predicted octanol–water partition coefficient (Wildman–Crippen LogP) is 3.42. The average molecular weight is 444 g/mol. The van der Waals surface area contributed by atoms with Gasteiger partial charge in [0.25, 0.3) is 0 Å². The highest BCUT2D eigenvalue weighted by atomic mass is 16.5. The number of piperidine rings is 1. The quantitative estimate of drug-likeness (QED) is 0.513. The predicted molar refractivity (Wildman–Crippen MR) is 120 cm³/mol. The van der Waals surface area contributed by atoms with E-state index in [-0.39, 0.29) is 11.3 Å². The molecule has 2 aromatic heterocycles. The Hall–Kier alpha value is -3.59. The number of likely N-dealkylation sites (tertiary alicyclic amines) is 1. The molecule has 2 aliphatic heterocycles. The molecule has 33 heavy (non-hydrogen) atoms. The van der Waals surface area contributed by atoms with E-state index in [2.05, 4.69) is 50.0 Å². The minimum absolute atomic E-state index is 0.236. The number of H-pyrrole nitrogens is 1. The van der Waals surface area contributed by atoms with E-state index >= 15 is 0 Å². The maximum absolute atomic E-state index is 12.7. The van der Waals surface area contributed by atoms with Gasteiger partial charge in [0.05, 0.1) is 24.0 Å². The number of nitrogens with one attached hydrogen (secondary N) is 1. The summed E-state index contributed by atoms with van der Waals surface area (Å²) in [5.41, 5.74) is 3.57. The molecule has 4 heterocycles. The van der Waals surface area contributed by atoms with Crippen LogP contribution in [0.3, 0.4) is 0 Å². The van der Waals surface area contributed by atoms with Crippen molar-refractivity contribution in [2.24, 2.45) is 5.41 Å². The van der Waals surface area contributed by atoms with Crippen molar-refractivity contribution in [2.75, 3.05) is 26.3 Å². The zero-order chi connectivity index (χ0) is 22.4. The van der Waals surface area contributed by atoms with Crippen LogP contribution in [-0.2, 0) is 9.53 Å². The molecule has 0 bridgehead atoms. The topological polar surface area (TPSA) is 110 Å². The van der Waals surface area contributed by atoms with Crippen molar-refractivity contribution in [1.82, 2.24) is 30.7 Å². The molecule has 2 saturated heterocycles. The van der Waals surface area contributed by atoms with Crippen molar-refractivity contribution in [3.8, 4) is 22.7 Å². The lowest BCUT2D eigenvalue weighted by Crippen LogP contribution is -2.54. The summed E-state index contributed by atoms with van der Waals surface area (Å²) in [4.78, 5) is 14.8. The van der Waals surface area contributed by atoms with Gasteiger partial charge in [-0.2, -0.15) is 5.21 Å². The summed E-state index contributed by atoms with van der Waals surface area (Å²) in [6.07, 6.45) is 1.95. The second-order valence-electron chi connectivity index (χ2n) is 9.22. The number of rotatable bonds is 4. The fourth-order valence-electron chi connectivity index (χ4n) is 4.81. The number of ether oxygens (including phenoxy) is 1. The number of benzene rings is 2. The molecule has 0 radical (unpaired) electrons. The SMILES string of the molecule is CC1(C(=O)N2CCC(c3ccc(-c4onc5ccc(-c6nn[nH]n6)cc45)cc3)CC2)COC1. The molecule has 9 nitrogen and oxygen atoms in total. The van der Waals surface area contributed by atoms with E-state index in [9.17, 15) is 4.79 Å². The van der Waals surface area contributed by atoms with E-state index in [4.69, 9.17) is 9.26 Å². The molecule has 9 heteroatoms. The molecule has 0 saturated carbocycles. The zero-order valence-electron chi connectivity index (χ0n) is 18.3. The number of aromatic nitrogens is 5. The lowest BCUT2D eigenvalue weighted by molar-refractivity contribution is -0.169. The number of carbonyl (C=O) groups is 1. The summed E-state index contributed by atoms with van der Waals surface area (Å²) in [6.45, 7) is 4.68. The number of amides is 1. The monoisotopic (exact) mass is 444 g/mol. The first kappa shape index (κ1) is 20.0. The Morgan fingerprint density at radius 3 is 2.52 bits per heavy atom. The van der Waals surface area contributed by atoms with Crippen molar-refractivity contribution in [2.45, 2.75) is 25.7 Å². The number of carbonyl (C=O) groups excluding carboxylic acids is 1. The number of tetrazole rings is 1. The van der Waals surface area contributed by atoms with Crippen LogP contribution >= 0.6 is 0 Å². The lowest BCUT2D eigenvalue weighted by Gasteiger charge is -2.42. The first-order valence-electron chi connectivity index (χ1n) is 11.2. The highest BCUT2D eigenvalue weighted by Crippen LogP contribution is 2.35. The Kier molecular flexibility index (Phi) is 4.72. The van der Waals surface area contributed by atoms with Crippen molar-refractivity contribution in [3.05, 3.63) is 48.0 Å². The molecule has 1 N–H and O–H groups in total. The molecule has 168 valence electrons. The van der Waals surface area contributed by atoms with Crippen LogP contribution < -0.4 is 0 Å². The standard InChI is InChI=1S/C24H24N6O3/c1-24(13-32-14-24)23(31)30-10-8-16(9-11-30)15-2-4-17(5-3-15)21-19-12-18(22-25-28-29-26-22)6-7-20(19)27-33-21/h2-7,12,16H,8-11,13-14H2,1H3,(H,25,26,28,29). The Bertz CT molecular complexity index is 1290. The van der Waals surface area contributed by atoms with Crippen LogP contribution in [-0.4, -0.2) is 62.9 Å². The Morgan fingerprint density at radius 1 is 1.09 bits per heavy atom. The molecular weight excluding hydrogens is 420 g/mol. The van der Waals surface area contributed by atoms with E-state index in [1.165, 1.54) is 5.56 Å². The highest BCUT2D eigenvalue weighted by Gasteiger charge is 2.44. The summed E-state index contributed by atoms with van der Waals surface area (Å²) < 4.78 is 10.9. The van der Waals surface area contributed by atoms with Gasteiger partial charge >= 0.3 is 0 Å². The summed E-state index contributed by atoms with van der Waals surface area (Å²) in [6, 6.07) is 14.3. The van der Waals surface area contributed by atoms with E-state index < -0.39 is 0 Å². The van der Waals surface area contributed by atoms with Crippen LogP contribution in [0.25, 0.3) is 33.6 Å². The van der Waals surface area contributed by atoms with E-state index in [0.717, 1.165) is 53.7 Å². The van der Waals surface area contributed by atoms with Gasteiger partial charge in [0.1, 0.15) is 5.52 Å². The number of aromatic amines is 1. The molecule has 0 spiro atoms. The molecule has 0 aliphatic carbocycles. The molecule has 1 amide bonds. The van der Waals surface area contributed by atoms with E-state index in [1.54, 1.807) is 0 Å². The summed E-state index contributed by atoms with van der Waals surface area (Å²) in [5.74, 6) is 1.94. The molecule has 0 atom stereocenters. The third-order valence-corrected chi connectivity index (χ3v) is 6.86. The molecular formula is C24H24N6O3. The van der Waals surface area contributed by atoms with Crippen LogP contribution in [0.2, 0.25) is 0 Å². The second-order valence-corrected chi connectivity index (χ2v) is 9.22. The fourth-order valence-corrected chi connectivity index (χ4v) is 4.81. The van der Waals surface area contributed by atoms with Gasteiger partial charge in [0.15, 0.2) is 5.76 Å². The van der Waals surface area contributed by atoms with Crippen LogP contribution in [0.15, 0.2) is 47.0 Å². The Balaban J connectivity index is 1.18. The minimum atomic E-state index is -0.321. The van der Waals surface area contributed by atoms with Crippen molar-refractivity contribution >= 4 is 16.8 Å². The summed E-state index contributed by atoms with van der Waals surface area (Å²) >= 11 is 0. The molecule has 4 aromatic rings. The normalized spacial score (nSPS) is 18.4. The van der Waals surface area contributed by atoms with Crippen molar-refractivity contribution in [1.29, 1.82) is 0 Å².